The van der Waals surface area contributed by atoms with Crippen molar-refractivity contribution in [2.24, 2.45) is 0 Å². The molecule has 0 spiro atoms. The van der Waals surface area contributed by atoms with E-state index in [1.165, 1.54) is 51.5 Å². The lowest BCUT2D eigenvalue weighted by atomic mass is 10.1. The second-order valence-electron chi connectivity index (χ2n) is 6.94. The highest BCUT2D eigenvalue weighted by molar-refractivity contribution is 7.18. The zero-order chi connectivity index (χ0) is 18.6. The fourth-order valence-electron chi connectivity index (χ4n) is 3.27. The molecule has 0 unspecified atom stereocenters. The highest BCUT2D eigenvalue weighted by Gasteiger charge is 2.05. The van der Waals surface area contributed by atoms with E-state index in [9.17, 15) is 0 Å². The van der Waals surface area contributed by atoms with Crippen LogP contribution in [0.4, 0.5) is 11.4 Å². The number of hydrogen-bond donors (Lipinski definition) is 2. The predicted molar refractivity (Wildman–Crippen MR) is 119 cm³/mol. The zero-order valence-corrected chi connectivity index (χ0v) is 16.9. The summed E-state index contributed by atoms with van der Waals surface area (Å²) >= 11 is 3.55. The molecule has 0 bridgehead atoms. The summed E-state index contributed by atoms with van der Waals surface area (Å²) in [4.78, 5) is 9.40. The van der Waals surface area contributed by atoms with Gasteiger partial charge in [0, 0.05) is 11.4 Å². The largest absolute Gasteiger partial charge is 0.399 e. The number of rotatable bonds is 8. The summed E-state index contributed by atoms with van der Waals surface area (Å²) in [5.74, 6) is 0. The number of fused-ring (bicyclic) bond motifs is 2. The summed E-state index contributed by atoms with van der Waals surface area (Å²) in [6, 6.07) is 11.9. The van der Waals surface area contributed by atoms with Crippen molar-refractivity contribution in [3.63, 3.8) is 0 Å². The highest BCUT2D eigenvalue weighted by atomic mass is 32.1. The van der Waals surface area contributed by atoms with E-state index in [4.69, 9.17) is 21.4 Å². The first-order chi connectivity index (χ1) is 13.2. The standard InChI is InChI=1S/C21H24N4S2/c22-14-8-10-16-18(12-14)26-20(24-16)6-4-2-1-3-5-7-21-25-17-11-9-15(23)13-19(17)27-21/h8-13H,1-7,22-23H2. The monoisotopic (exact) mass is 396 g/mol. The third-order valence-corrected chi connectivity index (χ3v) is 6.85. The van der Waals surface area contributed by atoms with Gasteiger partial charge in [0.1, 0.15) is 0 Å². The molecule has 0 atom stereocenters. The normalized spacial score (nSPS) is 11.6. The van der Waals surface area contributed by atoms with Crippen LogP contribution in [0, 0.1) is 0 Å². The lowest BCUT2D eigenvalue weighted by molar-refractivity contribution is 0.612. The van der Waals surface area contributed by atoms with Crippen molar-refractivity contribution >= 4 is 54.5 Å². The summed E-state index contributed by atoms with van der Waals surface area (Å²) in [6.45, 7) is 0. The Balaban J connectivity index is 1.16. The number of unbranched alkanes of at least 4 members (excludes halogenated alkanes) is 4. The molecule has 0 aliphatic heterocycles. The Labute approximate surface area is 167 Å². The molecule has 4 nitrogen and oxygen atoms in total. The van der Waals surface area contributed by atoms with Crippen LogP contribution in [0.1, 0.15) is 42.1 Å². The number of aromatic nitrogens is 2. The maximum Gasteiger partial charge on any atom is 0.0938 e. The van der Waals surface area contributed by atoms with Crippen molar-refractivity contribution in [1.82, 2.24) is 9.97 Å². The Morgan fingerprint density at radius 3 is 1.56 bits per heavy atom. The maximum absolute atomic E-state index is 5.84. The second kappa shape index (κ2) is 8.23. The third kappa shape index (κ3) is 4.57. The minimum Gasteiger partial charge on any atom is -0.399 e. The number of nitrogens with zero attached hydrogens (tertiary/aromatic N) is 2. The molecule has 0 saturated carbocycles. The van der Waals surface area contributed by atoms with Crippen LogP contribution in [0.2, 0.25) is 0 Å². The molecular weight excluding hydrogens is 372 g/mol. The van der Waals surface area contributed by atoms with Gasteiger partial charge >= 0.3 is 0 Å². The van der Waals surface area contributed by atoms with Gasteiger partial charge in [0.25, 0.3) is 0 Å². The minimum absolute atomic E-state index is 0.814. The molecule has 6 heteroatoms. The quantitative estimate of drug-likeness (QED) is 0.291. The summed E-state index contributed by atoms with van der Waals surface area (Å²) < 4.78 is 2.39. The molecule has 2 heterocycles. The number of nitrogens with two attached hydrogens (primary N) is 2. The van der Waals surface area contributed by atoms with Gasteiger partial charge in [-0.2, -0.15) is 0 Å². The average molecular weight is 397 g/mol. The van der Waals surface area contributed by atoms with E-state index in [1.54, 1.807) is 22.7 Å². The van der Waals surface area contributed by atoms with Crippen LogP contribution in [-0.2, 0) is 12.8 Å². The van der Waals surface area contributed by atoms with Gasteiger partial charge in [-0.25, -0.2) is 9.97 Å². The molecule has 4 N–H and O–H groups in total. The van der Waals surface area contributed by atoms with Gasteiger partial charge in [-0.05, 0) is 62.1 Å². The molecule has 0 amide bonds. The molecule has 4 rings (SSSR count). The molecule has 4 aromatic rings. The number of nitrogen functional groups attached to an aromatic ring is 2. The third-order valence-electron chi connectivity index (χ3n) is 4.69. The first kappa shape index (κ1) is 18.2. The molecule has 0 aliphatic rings. The molecule has 0 radical (unpaired) electrons. The molecule has 0 aliphatic carbocycles. The van der Waals surface area contributed by atoms with Gasteiger partial charge in [0.2, 0.25) is 0 Å². The summed E-state index contributed by atoms with van der Waals surface area (Å²) in [5.41, 5.74) is 15.5. The maximum atomic E-state index is 5.84. The minimum atomic E-state index is 0.814. The Kier molecular flexibility index (Phi) is 5.55. The molecule has 27 heavy (non-hydrogen) atoms. The smallest absolute Gasteiger partial charge is 0.0938 e. The van der Waals surface area contributed by atoms with Gasteiger partial charge in [-0.15, -0.1) is 22.7 Å². The van der Waals surface area contributed by atoms with Crippen molar-refractivity contribution in [2.75, 3.05) is 11.5 Å². The van der Waals surface area contributed by atoms with E-state index < -0.39 is 0 Å². The van der Waals surface area contributed by atoms with Crippen LogP contribution in [0.3, 0.4) is 0 Å². The van der Waals surface area contributed by atoms with Gasteiger partial charge < -0.3 is 11.5 Å². The average Bonchev–Trinajstić information content (AvgIpc) is 3.23. The van der Waals surface area contributed by atoms with Crippen molar-refractivity contribution in [3.8, 4) is 0 Å². The van der Waals surface area contributed by atoms with E-state index in [0.29, 0.717) is 0 Å². The van der Waals surface area contributed by atoms with Gasteiger partial charge in [0.05, 0.1) is 30.4 Å². The predicted octanol–water partition coefficient (Wildman–Crippen LogP) is 5.81. The molecule has 0 saturated heterocycles. The topological polar surface area (TPSA) is 77.8 Å². The lowest BCUT2D eigenvalue weighted by Crippen LogP contribution is -1.87. The molecule has 2 aromatic heterocycles. The number of anilines is 2. The Hall–Kier alpha value is -2.18. The Bertz CT molecular complexity index is 967. The SMILES string of the molecule is Nc1ccc2nc(CCCCCCCc3nc4ccc(N)cc4s3)sc2c1. The van der Waals surface area contributed by atoms with Crippen LogP contribution in [0.5, 0.6) is 0 Å². The molecule has 0 fully saturated rings. The van der Waals surface area contributed by atoms with Crippen molar-refractivity contribution < 1.29 is 0 Å². The van der Waals surface area contributed by atoms with E-state index in [2.05, 4.69) is 0 Å². The Morgan fingerprint density at radius 1 is 0.630 bits per heavy atom. The number of thiazole rings is 2. The van der Waals surface area contributed by atoms with Crippen LogP contribution in [-0.4, -0.2) is 9.97 Å². The summed E-state index contributed by atoms with van der Waals surface area (Å²) in [7, 11) is 0. The molecule has 2 aromatic carbocycles. The number of aryl methyl sites for hydroxylation is 2. The van der Waals surface area contributed by atoms with Crippen LogP contribution in [0.15, 0.2) is 36.4 Å². The number of benzene rings is 2. The molecular formula is C21H24N4S2. The number of hydrogen-bond acceptors (Lipinski definition) is 6. The summed E-state index contributed by atoms with van der Waals surface area (Å²) in [6.07, 6.45) is 8.33. The first-order valence-corrected chi connectivity index (χ1v) is 11.1. The first-order valence-electron chi connectivity index (χ1n) is 9.47. The van der Waals surface area contributed by atoms with Crippen molar-refractivity contribution in [2.45, 2.75) is 44.9 Å². The van der Waals surface area contributed by atoms with Gasteiger partial charge in [-0.1, -0.05) is 19.3 Å². The fraction of sp³-hybridized carbons (Fsp3) is 0.333. The van der Waals surface area contributed by atoms with Crippen LogP contribution < -0.4 is 11.5 Å². The summed E-state index contributed by atoms with van der Waals surface area (Å²) in [5, 5.41) is 2.45. The van der Waals surface area contributed by atoms with Gasteiger partial charge in [-0.3, -0.25) is 0 Å². The van der Waals surface area contributed by atoms with E-state index in [-0.39, 0.29) is 0 Å². The zero-order valence-electron chi connectivity index (χ0n) is 15.3. The van der Waals surface area contributed by atoms with Crippen LogP contribution >= 0.6 is 22.7 Å². The van der Waals surface area contributed by atoms with Crippen LogP contribution in [0.25, 0.3) is 20.4 Å². The van der Waals surface area contributed by atoms with Gasteiger partial charge in [0.15, 0.2) is 0 Å². The van der Waals surface area contributed by atoms with E-state index in [1.807, 2.05) is 36.4 Å². The molecule has 140 valence electrons. The van der Waals surface area contributed by atoms with Crippen molar-refractivity contribution in [1.29, 1.82) is 0 Å². The van der Waals surface area contributed by atoms with Crippen molar-refractivity contribution in [3.05, 3.63) is 46.4 Å². The lowest BCUT2D eigenvalue weighted by Gasteiger charge is -1.99. The van der Waals surface area contributed by atoms with E-state index >= 15 is 0 Å². The second-order valence-corrected chi connectivity index (χ2v) is 9.17. The fourth-order valence-corrected chi connectivity index (χ4v) is 5.39. The van der Waals surface area contributed by atoms with E-state index in [0.717, 1.165) is 35.2 Å². The highest BCUT2D eigenvalue weighted by Crippen LogP contribution is 2.26. The Morgan fingerprint density at radius 2 is 1.07 bits per heavy atom.